The van der Waals surface area contributed by atoms with Crippen LogP contribution < -0.4 is 10.1 Å². The van der Waals surface area contributed by atoms with E-state index in [2.05, 4.69) is 19.2 Å². The first-order chi connectivity index (χ1) is 10.5. The van der Waals surface area contributed by atoms with Crippen LogP contribution in [-0.4, -0.2) is 13.4 Å². The lowest BCUT2D eigenvalue weighted by molar-refractivity contribution is -0.108. The lowest BCUT2D eigenvalue weighted by Crippen LogP contribution is -2.20. The van der Waals surface area contributed by atoms with Gasteiger partial charge >= 0.3 is 0 Å². The number of anilines is 1. The molecular weight excluding hydrogens is 318 g/mol. The number of aldehydes is 1. The van der Waals surface area contributed by atoms with Gasteiger partial charge in [0.15, 0.2) is 0 Å². The highest BCUT2D eigenvalue weighted by atomic mass is 35.5. The molecule has 0 saturated carbocycles. The Kier molecular flexibility index (Phi) is 5.48. The number of hydrogen-bond acceptors (Lipinski definition) is 4. The molecule has 0 aliphatic carbocycles. The Bertz CT molecular complexity index is 652. The molecule has 0 fully saturated rings. The Labute approximate surface area is 140 Å². The van der Waals surface area contributed by atoms with Gasteiger partial charge in [0.05, 0.1) is 11.4 Å². The van der Waals surface area contributed by atoms with Gasteiger partial charge in [-0.1, -0.05) is 31.5 Å². The molecule has 118 valence electrons. The van der Waals surface area contributed by atoms with Crippen LogP contribution in [0.5, 0.6) is 5.75 Å². The zero-order chi connectivity index (χ0) is 16.2. The van der Waals surface area contributed by atoms with E-state index in [1.54, 1.807) is 18.4 Å². The van der Waals surface area contributed by atoms with Gasteiger partial charge in [0.25, 0.3) is 0 Å². The fourth-order valence-electron chi connectivity index (χ4n) is 2.33. The number of hydrogen-bond donors (Lipinski definition) is 1. The summed E-state index contributed by atoms with van der Waals surface area (Å²) in [6, 6.07) is 9.82. The number of halogens is 1. The minimum Gasteiger partial charge on any atom is -0.497 e. The van der Waals surface area contributed by atoms with E-state index in [0.29, 0.717) is 13.0 Å². The molecule has 1 N–H and O–H groups in total. The quantitative estimate of drug-likeness (QED) is 0.731. The maximum absolute atomic E-state index is 11.0. The number of thiophene rings is 1. The number of carbonyl (C=O) groups excluding carboxylic acids is 1. The molecule has 1 aromatic heterocycles. The van der Waals surface area contributed by atoms with Gasteiger partial charge in [-0.15, -0.1) is 11.3 Å². The van der Waals surface area contributed by atoms with Crippen LogP contribution in [0.25, 0.3) is 0 Å². The fourth-order valence-corrected chi connectivity index (χ4v) is 3.36. The second-order valence-corrected chi connectivity index (χ2v) is 7.53. The Morgan fingerprint density at radius 2 is 2.09 bits per heavy atom. The van der Waals surface area contributed by atoms with Crippen LogP contribution in [0.2, 0.25) is 4.34 Å². The summed E-state index contributed by atoms with van der Waals surface area (Å²) in [4.78, 5) is 12.1. The van der Waals surface area contributed by atoms with Gasteiger partial charge < -0.3 is 14.8 Å². The SMILES string of the molecule is COc1ccc(C(C)(C)CC=O)c(NCc2ccc(Cl)s2)c1. The molecule has 0 spiro atoms. The second kappa shape index (κ2) is 7.16. The normalized spacial score (nSPS) is 11.3. The Balaban J connectivity index is 2.28. The highest BCUT2D eigenvalue weighted by Crippen LogP contribution is 2.35. The summed E-state index contributed by atoms with van der Waals surface area (Å²) < 4.78 is 6.09. The lowest BCUT2D eigenvalue weighted by atomic mass is 9.81. The van der Waals surface area contributed by atoms with Crippen molar-refractivity contribution in [1.82, 2.24) is 0 Å². The van der Waals surface area contributed by atoms with Gasteiger partial charge in [-0.05, 0) is 29.2 Å². The number of rotatable bonds is 7. The van der Waals surface area contributed by atoms with E-state index < -0.39 is 0 Å². The van der Waals surface area contributed by atoms with Crippen LogP contribution in [0.3, 0.4) is 0 Å². The summed E-state index contributed by atoms with van der Waals surface area (Å²) in [5, 5.41) is 3.44. The third-order valence-electron chi connectivity index (χ3n) is 3.63. The van der Waals surface area contributed by atoms with Crippen LogP contribution in [0, 0.1) is 0 Å². The minimum absolute atomic E-state index is 0.233. The van der Waals surface area contributed by atoms with E-state index in [0.717, 1.165) is 32.5 Å². The summed E-state index contributed by atoms with van der Waals surface area (Å²) in [6.07, 6.45) is 1.44. The van der Waals surface area contributed by atoms with Gasteiger partial charge in [-0.3, -0.25) is 0 Å². The predicted octanol–water partition coefficient (Wildman–Crippen LogP) is 4.89. The van der Waals surface area contributed by atoms with Crippen molar-refractivity contribution in [2.45, 2.75) is 32.2 Å². The topological polar surface area (TPSA) is 38.3 Å². The van der Waals surface area contributed by atoms with Crippen LogP contribution in [0.15, 0.2) is 30.3 Å². The summed E-state index contributed by atoms with van der Waals surface area (Å²) in [5.74, 6) is 0.789. The number of ether oxygens (including phenoxy) is 1. The highest BCUT2D eigenvalue weighted by Gasteiger charge is 2.23. The molecule has 0 aliphatic rings. The highest BCUT2D eigenvalue weighted by molar-refractivity contribution is 7.16. The van der Waals surface area contributed by atoms with E-state index in [-0.39, 0.29) is 5.41 Å². The predicted molar refractivity (Wildman–Crippen MR) is 93.4 cm³/mol. The molecule has 0 radical (unpaired) electrons. The van der Waals surface area contributed by atoms with Crippen LogP contribution in [0.1, 0.15) is 30.7 Å². The van der Waals surface area contributed by atoms with Crippen molar-refractivity contribution in [2.24, 2.45) is 0 Å². The maximum Gasteiger partial charge on any atom is 0.120 e. The summed E-state index contributed by atoms with van der Waals surface area (Å²) >= 11 is 7.52. The van der Waals surface area contributed by atoms with Crippen molar-refractivity contribution < 1.29 is 9.53 Å². The zero-order valence-corrected chi connectivity index (χ0v) is 14.6. The van der Waals surface area contributed by atoms with Crippen LogP contribution >= 0.6 is 22.9 Å². The van der Waals surface area contributed by atoms with E-state index >= 15 is 0 Å². The van der Waals surface area contributed by atoms with Crippen LogP contribution in [0.4, 0.5) is 5.69 Å². The largest absolute Gasteiger partial charge is 0.497 e. The molecule has 0 bridgehead atoms. The van der Waals surface area contributed by atoms with Gasteiger partial charge in [0.2, 0.25) is 0 Å². The molecule has 22 heavy (non-hydrogen) atoms. The molecular formula is C17H20ClNO2S. The first kappa shape index (κ1) is 16.8. The summed E-state index contributed by atoms with van der Waals surface area (Å²) in [7, 11) is 1.65. The first-order valence-electron chi connectivity index (χ1n) is 7.06. The third-order valence-corrected chi connectivity index (χ3v) is 4.86. The van der Waals surface area contributed by atoms with E-state index in [9.17, 15) is 4.79 Å². The van der Waals surface area contributed by atoms with Crippen molar-refractivity contribution in [1.29, 1.82) is 0 Å². The zero-order valence-electron chi connectivity index (χ0n) is 13.0. The molecule has 1 aromatic carbocycles. The van der Waals surface area contributed by atoms with Crippen molar-refractivity contribution in [2.75, 3.05) is 12.4 Å². The summed E-state index contributed by atoms with van der Waals surface area (Å²) in [5.41, 5.74) is 1.85. The Morgan fingerprint density at radius 3 is 2.68 bits per heavy atom. The summed E-state index contributed by atoms with van der Waals surface area (Å²) in [6.45, 7) is 4.82. The first-order valence-corrected chi connectivity index (χ1v) is 8.26. The fraction of sp³-hybridized carbons (Fsp3) is 0.353. The van der Waals surface area contributed by atoms with Gasteiger partial charge in [0.1, 0.15) is 12.0 Å². The van der Waals surface area contributed by atoms with Gasteiger partial charge in [-0.25, -0.2) is 0 Å². The molecule has 0 atom stereocenters. The maximum atomic E-state index is 11.0. The van der Waals surface area contributed by atoms with Gasteiger partial charge in [-0.2, -0.15) is 0 Å². The Hall–Kier alpha value is -1.52. The molecule has 2 rings (SSSR count). The van der Waals surface area contributed by atoms with E-state index in [1.807, 2.05) is 30.3 Å². The van der Waals surface area contributed by atoms with E-state index in [1.165, 1.54) is 0 Å². The molecule has 0 unspecified atom stereocenters. The van der Waals surface area contributed by atoms with Crippen molar-refractivity contribution >= 4 is 34.9 Å². The molecule has 3 nitrogen and oxygen atoms in total. The Morgan fingerprint density at radius 1 is 1.32 bits per heavy atom. The average Bonchev–Trinajstić information content (AvgIpc) is 2.90. The van der Waals surface area contributed by atoms with Crippen molar-refractivity contribution in [3.05, 3.63) is 45.1 Å². The molecule has 0 amide bonds. The number of methoxy groups -OCH3 is 1. The average molecular weight is 338 g/mol. The van der Waals surface area contributed by atoms with E-state index in [4.69, 9.17) is 16.3 Å². The molecule has 1 heterocycles. The number of benzene rings is 1. The molecule has 0 aliphatic heterocycles. The van der Waals surface area contributed by atoms with Gasteiger partial charge in [0, 0.05) is 29.6 Å². The second-order valence-electron chi connectivity index (χ2n) is 5.73. The molecule has 5 heteroatoms. The minimum atomic E-state index is -0.233. The van der Waals surface area contributed by atoms with Crippen molar-refractivity contribution in [3.8, 4) is 5.75 Å². The number of carbonyl (C=O) groups is 1. The monoisotopic (exact) mass is 337 g/mol. The molecule has 0 saturated heterocycles. The third kappa shape index (κ3) is 4.02. The molecule has 2 aromatic rings. The standard InChI is InChI=1S/C17H20ClNO2S/c1-17(2,8-9-20)14-6-4-12(21-3)10-15(14)19-11-13-5-7-16(18)22-13/h4-7,9-10,19H,8,11H2,1-3H3. The smallest absolute Gasteiger partial charge is 0.120 e. The van der Waals surface area contributed by atoms with Crippen LogP contribution in [-0.2, 0) is 16.8 Å². The number of nitrogens with one attached hydrogen (secondary N) is 1. The van der Waals surface area contributed by atoms with Crippen molar-refractivity contribution in [3.63, 3.8) is 0 Å². The lowest BCUT2D eigenvalue weighted by Gasteiger charge is -2.26.